The molecule has 0 aliphatic heterocycles. The summed E-state index contributed by atoms with van der Waals surface area (Å²) in [6, 6.07) is 7.44. The van der Waals surface area contributed by atoms with E-state index < -0.39 is 6.43 Å². The Labute approximate surface area is 137 Å². The zero-order chi connectivity index (χ0) is 17.1. The molecule has 2 nitrogen and oxygen atoms in total. The fraction of sp³-hybridized carbons (Fsp3) is 0.474. The topological polar surface area (TPSA) is 25.8 Å². The average Bonchev–Trinajstić information content (AvgIpc) is 2.54. The van der Waals surface area contributed by atoms with Crippen LogP contribution in [0.5, 0.6) is 0 Å². The van der Waals surface area contributed by atoms with Crippen LogP contribution in [0, 0.1) is 0 Å². The lowest BCUT2D eigenvalue weighted by Gasteiger charge is -2.32. The van der Waals surface area contributed by atoms with Crippen molar-refractivity contribution >= 4 is 0 Å². The van der Waals surface area contributed by atoms with E-state index in [1.807, 2.05) is 18.2 Å². The first-order valence-corrected chi connectivity index (χ1v) is 7.87. The number of nitrogens with zero attached hydrogens (tertiary/aromatic N) is 2. The minimum atomic E-state index is -2.53. The molecule has 4 heteroatoms. The van der Waals surface area contributed by atoms with Crippen LogP contribution in [0.4, 0.5) is 8.78 Å². The number of hydrogen-bond acceptors (Lipinski definition) is 2. The summed E-state index contributed by atoms with van der Waals surface area (Å²) in [6.07, 6.45) is 4.41. The molecule has 0 unspecified atom stereocenters. The highest BCUT2D eigenvalue weighted by atomic mass is 19.3. The molecule has 2 heterocycles. The Kier molecular flexibility index (Phi) is 5.12. The molecule has 0 amide bonds. The molecule has 0 saturated heterocycles. The van der Waals surface area contributed by atoms with E-state index in [4.69, 9.17) is 0 Å². The first kappa shape index (κ1) is 17.5. The van der Waals surface area contributed by atoms with Gasteiger partial charge >= 0.3 is 0 Å². The second-order valence-corrected chi connectivity index (χ2v) is 7.27. The smallest absolute Gasteiger partial charge is 0.265 e. The van der Waals surface area contributed by atoms with Crippen molar-refractivity contribution in [3.63, 3.8) is 0 Å². The summed E-state index contributed by atoms with van der Waals surface area (Å²) >= 11 is 0. The van der Waals surface area contributed by atoms with Crippen LogP contribution in [0.1, 0.15) is 63.8 Å². The highest BCUT2D eigenvalue weighted by Gasteiger charge is 2.27. The largest absolute Gasteiger partial charge is 0.280 e. The van der Waals surface area contributed by atoms with Gasteiger partial charge in [0.15, 0.2) is 0 Å². The average molecular weight is 318 g/mol. The number of rotatable bonds is 6. The van der Waals surface area contributed by atoms with Crippen LogP contribution in [-0.4, -0.2) is 9.97 Å². The lowest BCUT2D eigenvalue weighted by atomic mass is 9.73. The third-order valence-corrected chi connectivity index (χ3v) is 4.62. The van der Waals surface area contributed by atoms with Gasteiger partial charge in [0, 0.05) is 18.6 Å². The van der Waals surface area contributed by atoms with E-state index in [9.17, 15) is 8.78 Å². The molecule has 0 atom stereocenters. The molecule has 0 aliphatic carbocycles. The highest BCUT2D eigenvalue weighted by Crippen LogP contribution is 2.36. The predicted octanol–water partition coefficient (Wildman–Crippen LogP) is 5.45. The van der Waals surface area contributed by atoms with Gasteiger partial charge in [0.25, 0.3) is 6.43 Å². The monoisotopic (exact) mass is 318 g/mol. The Hall–Kier alpha value is -1.84. The van der Waals surface area contributed by atoms with E-state index in [1.54, 1.807) is 12.4 Å². The molecule has 0 bridgehead atoms. The van der Waals surface area contributed by atoms with Crippen molar-refractivity contribution in [1.82, 2.24) is 9.97 Å². The predicted molar refractivity (Wildman–Crippen MR) is 88.7 cm³/mol. The van der Waals surface area contributed by atoms with Gasteiger partial charge in [-0.3, -0.25) is 9.97 Å². The Morgan fingerprint density at radius 2 is 1.39 bits per heavy atom. The lowest BCUT2D eigenvalue weighted by Crippen LogP contribution is -2.24. The van der Waals surface area contributed by atoms with Crippen LogP contribution < -0.4 is 0 Å². The van der Waals surface area contributed by atoms with E-state index in [1.165, 1.54) is 17.8 Å². The molecule has 0 aromatic carbocycles. The van der Waals surface area contributed by atoms with Gasteiger partial charge in [-0.1, -0.05) is 27.7 Å². The number of alkyl halides is 2. The van der Waals surface area contributed by atoms with Crippen LogP contribution in [0.2, 0.25) is 0 Å². The summed E-state index contributed by atoms with van der Waals surface area (Å²) < 4.78 is 25.7. The Morgan fingerprint density at radius 1 is 0.870 bits per heavy atom. The van der Waals surface area contributed by atoms with Gasteiger partial charge in [-0.05, 0) is 59.1 Å². The van der Waals surface area contributed by atoms with Crippen LogP contribution in [0.25, 0.3) is 0 Å². The second kappa shape index (κ2) is 6.73. The first-order valence-electron chi connectivity index (χ1n) is 7.87. The molecule has 2 aromatic heterocycles. The van der Waals surface area contributed by atoms with E-state index in [-0.39, 0.29) is 16.5 Å². The molecule has 0 fully saturated rings. The third-order valence-electron chi connectivity index (χ3n) is 4.62. The van der Waals surface area contributed by atoms with E-state index >= 15 is 0 Å². The van der Waals surface area contributed by atoms with Gasteiger partial charge in [0.1, 0.15) is 5.69 Å². The summed E-state index contributed by atoms with van der Waals surface area (Å²) in [7, 11) is 0. The fourth-order valence-corrected chi connectivity index (χ4v) is 2.71. The number of hydrogen-bond donors (Lipinski definition) is 0. The minimum Gasteiger partial charge on any atom is -0.265 e. The quantitative estimate of drug-likeness (QED) is 0.708. The van der Waals surface area contributed by atoms with Crippen LogP contribution in [-0.2, 0) is 10.8 Å². The van der Waals surface area contributed by atoms with E-state index in [0.29, 0.717) is 0 Å². The van der Waals surface area contributed by atoms with Crippen molar-refractivity contribution in [3.05, 3.63) is 59.7 Å². The zero-order valence-electron chi connectivity index (χ0n) is 14.2. The molecular weight excluding hydrogens is 294 g/mol. The Morgan fingerprint density at radius 3 is 1.96 bits per heavy atom. The molecule has 0 radical (unpaired) electrons. The molecule has 124 valence electrons. The Balaban J connectivity index is 2.14. The summed E-state index contributed by atoms with van der Waals surface area (Å²) in [4.78, 5) is 7.82. The van der Waals surface area contributed by atoms with Crippen LogP contribution in [0.15, 0.2) is 42.9 Å². The molecule has 23 heavy (non-hydrogen) atoms. The summed E-state index contributed by atoms with van der Waals surface area (Å²) in [5, 5.41) is 0. The molecule has 2 rings (SSSR count). The number of halogens is 2. The van der Waals surface area contributed by atoms with Crippen LogP contribution >= 0.6 is 0 Å². The third kappa shape index (κ3) is 4.34. The van der Waals surface area contributed by atoms with Crippen LogP contribution in [0.3, 0.4) is 0 Å². The molecule has 0 saturated carbocycles. The summed E-state index contributed by atoms with van der Waals surface area (Å²) in [5.74, 6) is 0. The lowest BCUT2D eigenvalue weighted by molar-refractivity contribution is 0.146. The molecule has 0 aliphatic rings. The van der Waals surface area contributed by atoms with Gasteiger partial charge in [-0.25, -0.2) is 8.78 Å². The molecular formula is C19H24F2N2. The van der Waals surface area contributed by atoms with Gasteiger partial charge in [0.05, 0.1) is 0 Å². The second-order valence-electron chi connectivity index (χ2n) is 7.27. The maximum atomic E-state index is 12.9. The maximum absolute atomic E-state index is 12.9. The SMILES string of the molecule is CC(C)(CCC(C)(C)c1ccnc(C(F)F)c1)c1ccncc1. The van der Waals surface area contributed by atoms with E-state index in [2.05, 4.69) is 37.7 Å². The summed E-state index contributed by atoms with van der Waals surface area (Å²) in [6.45, 7) is 8.60. The van der Waals surface area contributed by atoms with Crippen molar-refractivity contribution in [2.24, 2.45) is 0 Å². The normalized spacial score (nSPS) is 12.7. The van der Waals surface area contributed by atoms with E-state index in [0.717, 1.165) is 18.4 Å². The van der Waals surface area contributed by atoms with Crippen molar-refractivity contribution < 1.29 is 8.78 Å². The molecule has 0 spiro atoms. The van der Waals surface area contributed by atoms with Crippen molar-refractivity contribution in [2.45, 2.75) is 57.8 Å². The number of aromatic nitrogens is 2. The van der Waals surface area contributed by atoms with Gasteiger partial charge in [-0.2, -0.15) is 0 Å². The van der Waals surface area contributed by atoms with Crippen molar-refractivity contribution in [3.8, 4) is 0 Å². The maximum Gasteiger partial charge on any atom is 0.280 e. The summed E-state index contributed by atoms with van der Waals surface area (Å²) in [5.41, 5.74) is 1.83. The fourth-order valence-electron chi connectivity index (χ4n) is 2.71. The highest BCUT2D eigenvalue weighted by molar-refractivity contribution is 5.26. The Bertz CT molecular complexity index is 637. The zero-order valence-corrected chi connectivity index (χ0v) is 14.2. The van der Waals surface area contributed by atoms with Gasteiger partial charge in [0.2, 0.25) is 0 Å². The molecule has 0 N–H and O–H groups in total. The minimum absolute atomic E-state index is 0.0127. The standard InChI is InChI=1S/C19H24F2N2/c1-18(2,14-5-10-22-11-6-14)8-9-19(3,4)15-7-12-23-16(13-15)17(20)21/h5-7,10-13,17H,8-9H2,1-4H3. The first-order chi connectivity index (χ1) is 10.7. The number of pyridine rings is 2. The van der Waals surface area contributed by atoms with Gasteiger partial charge in [-0.15, -0.1) is 0 Å². The van der Waals surface area contributed by atoms with Crippen molar-refractivity contribution in [2.75, 3.05) is 0 Å². The van der Waals surface area contributed by atoms with Crippen molar-refractivity contribution in [1.29, 1.82) is 0 Å². The molecule has 2 aromatic rings. The van der Waals surface area contributed by atoms with Gasteiger partial charge < -0.3 is 0 Å².